The third kappa shape index (κ3) is 4.32. The van der Waals surface area contributed by atoms with Gasteiger partial charge in [0.1, 0.15) is 6.04 Å². The molecule has 8 heteroatoms. The normalized spacial score (nSPS) is 12.1. The van der Waals surface area contributed by atoms with Crippen LogP contribution in [0.2, 0.25) is 0 Å². The number of nitrogens with one attached hydrogen (secondary N) is 1. The van der Waals surface area contributed by atoms with E-state index in [0.29, 0.717) is 6.54 Å². The van der Waals surface area contributed by atoms with Gasteiger partial charge in [0.15, 0.2) is 17.4 Å². The Hall–Kier alpha value is -1.83. The molecule has 0 aliphatic heterocycles. The fourth-order valence-corrected chi connectivity index (χ4v) is 1.65. The molecule has 4 nitrogen and oxygen atoms in total. The minimum atomic E-state index is -1.62. The van der Waals surface area contributed by atoms with Gasteiger partial charge < -0.3 is 14.8 Å². The highest BCUT2D eigenvalue weighted by Gasteiger charge is 2.22. The van der Waals surface area contributed by atoms with Gasteiger partial charge in [-0.3, -0.25) is 4.79 Å². The lowest BCUT2D eigenvalue weighted by atomic mass is 10.2. The van der Waals surface area contributed by atoms with Gasteiger partial charge in [-0.2, -0.15) is 8.78 Å². The largest absolute Gasteiger partial charge is 0.487 e. The number of methoxy groups -OCH3 is 1. The summed E-state index contributed by atoms with van der Waals surface area (Å²) < 4.78 is 61.8. The molecular formula is C13H15F4NO3. The first-order valence-corrected chi connectivity index (χ1v) is 6.19. The molecule has 118 valence electrons. The molecule has 0 fully saturated rings. The van der Waals surface area contributed by atoms with Crippen LogP contribution < -0.4 is 10.1 Å². The molecule has 0 bridgehead atoms. The van der Waals surface area contributed by atoms with E-state index in [0.717, 1.165) is 0 Å². The first-order chi connectivity index (χ1) is 9.92. The van der Waals surface area contributed by atoms with E-state index in [4.69, 9.17) is 4.74 Å². The van der Waals surface area contributed by atoms with E-state index in [1.54, 1.807) is 6.92 Å². The SMILES string of the molecule is CCNC(CCOc1c(F)c(F)cc(F)c1F)C(=O)OC. The van der Waals surface area contributed by atoms with E-state index >= 15 is 0 Å². The van der Waals surface area contributed by atoms with Gasteiger partial charge in [0.2, 0.25) is 11.6 Å². The van der Waals surface area contributed by atoms with Crippen molar-refractivity contribution in [3.05, 3.63) is 29.3 Å². The maximum Gasteiger partial charge on any atom is 0.322 e. The van der Waals surface area contributed by atoms with Crippen LogP contribution in [0.1, 0.15) is 13.3 Å². The first-order valence-electron chi connectivity index (χ1n) is 6.19. The zero-order valence-corrected chi connectivity index (χ0v) is 11.5. The van der Waals surface area contributed by atoms with Crippen LogP contribution in [0.5, 0.6) is 5.75 Å². The minimum Gasteiger partial charge on any atom is -0.487 e. The predicted molar refractivity (Wildman–Crippen MR) is 65.9 cm³/mol. The third-order valence-corrected chi connectivity index (χ3v) is 2.66. The van der Waals surface area contributed by atoms with Gasteiger partial charge in [-0.1, -0.05) is 6.92 Å². The molecule has 0 aromatic heterocycles. The third-order valence-electron chi connectivity index (χ3n) is 2.66. The maximum atomic E-state index is 13.3. The number of carbonyl (C=O) groups excluding carboxylic acids is 1. The molecule has 1 aromatic rings. The topological polar surface area (TPSA) is 47.6 Å². The standard InChI is InChI=1S/C13H15F4NO3/c1-3-18-9(13(19)20-2)4-5-21-12-10(16)7(14)6-8(15)11(12)17/h6,9,18H,3-5H2,1-2H3. The van der Waals surface area contributed by atoms with E-state index in [2.05, 4.69) is 10.1 Å². The number of rotatable bonds is 7. The molecule has 1 unspecified atom stereocenters. The van der Waals surface area contributed by atoms with Crippen molar-refractivity contribution in [3.63, 3.8) is 0 Å². The van der Waals surface area contributed by atoms with Gasteiger partial charge in [-0.05, 0) is 6.54 Å². The van der Waals surface area contributed by atoms with Gasteiger partial charge >= 0.3 is 5.97 Å². The van der Waals surface area contributed by atoms with Crippen LogP contribution in [0.25, 0.3) is 0 Å². The Kier molecular flexibility index (Phi) is 6.41. The van der Waals surface area contributed by atoms with E-state index in [1.807, 2.05) is 0 Å². The summed E-state index contributed by atoms with van der Waals surface area (Å²) in [6.45, 7) is 1.87. The van der Waals surface area contributed by atoms with E-state index < -0.39 is 41.0 Å². The second-order valence-electron chi connectivity index (χ2n) is 4.07. The van der Waals surface area contributed by atoms with Crippen LogP contribution in [0.3, 0.4) is 0 Å². The number of benzene rings is 1. The number of halogens is 4. The average Bonchev–Trinajstić information content (AvgIpc) is 2.46. The van der Waals surface area contributed by atoms with Crippen molar-refractivity contribution in [1.29, 1.82) is 0 Å². The smallest absolute Gasteiger partial charge is 0.322 e. The Morgan fingerprint density at radius 2 is 1.81 bits per heavy atom. The summed E-state index contributed by atoms with van der Waals surface area (Å²) in [5, 5.41) is 2.78. The summed E-state index contributed by atoms with van der Waals surface area (Å²) in [6, 6.07) is -0.655. The number of hydrogen-bond acceptors (Lipinski definition) is 4. The summed E-state index contributed by atoms with van der Waals surface area (Å²) in [4.78, 5) is 11.4. The molecule has 0 saturated carbocycles. The van der Waals surface area contributed by atoms with E-state index in [-0.39, 0.29) is 19.1 Å². The summed E-state index contributed by atoms with van der Waals surface area (Å²) in [5.74, 6) is -8.07. The predicted octanol–water partition coefficient (Wildman–Crippen LogP) is 2.16. The lowest BCUT2D eigenvalue weighted by Gasteiger charge is -2.16. The molecule has 0 amide bonds. The Labute approximate surface area is 119 Å². The molecule has 1 N–H and O–H groups in total. The summed E-state index contributed by atoms with van der Waals surface area (Å²) >= 11 is 0. The fourth-order valence-electron chi connectivity index (χ4n) is 1.65. The molecule has 1 aromatic carbocycles. The second kappa shape index (κ2) is 7.82. The molecule has 0 aliphatic rings. The number of esters is 1. The molecule has 0 aliphatic carbocycles. The summed E-state index contributed by atoms with van der Waals surface area (Å²) in [5.41, 5.74) is 0. The maximum absolute atomic E-state index is 13.3. The molecule has 21 heavy (non-hydrogen) atoms. The molecule has 0 saturated heterocycles. The van der Waals surface area contributed by atoms with Gasteiger partial charge in [0, 0.05) is 12.5 Å². The van der Waals surface area contributed by atoms with Crippen LogP contribution in [0.15, 0.2) is 6.07 Å². The van der Waals surface area contributed by atoms with Gasteiger partial charge in [0.05, 0.1) is 13.7 Å². The summed E-state index contributed by atoms with van der Waals surface area (Å²) in [7, 11) is 1.19. The van der Waals surface area contributed by atoms with Crippen molar-refractivity contribution in [2.75, 3.05) is 20.3 Å². The number of carbonyl (C=O) groups is 1. The van der Waals surface area contributed by atoms with Crippen molar-refractivity contribution < 1.29 is 31.8 Å². The highest BCUT2D eigenvalue weighted by molar-refractivity contribution is 5.75. The molecule has 1 rings (SSSR count). The molecule has 1 atom stereocenters. The van der Waals surface area contributed by atoms with E-state index in [1.165, 1.54) is 7.11 Å². The van der Waals surface area contributed by atoms with Crippen molar-refractivity contribution in [2.45, 2.75) is 19.4 Å². The Morgan fingerprint density at radius 3 is 2.29 bits per heavy atom. The Balaban J connectivity index is 2.73. The van der Waals surface area contributed by atoms with E-state index in [9.17, 15) is 22.4 Å². The van der Waals surface area contributed by atoms with Crippen molar-refractivity contribution in [1.82, 2.24) is 5.32 Å². The van der Waals surface area contributed by atoms with Crippen LogP contribution in [0, 0.1) is 23.3 Å². The lowest BCUT2D eigenvalue weighted by Crippen LogP contribution is -2.38. The summed E-state index contributed by atoms with van der Waals surface area (Å²) in [6.07, 6.45) is 0.0114. The van der Waals surface area contributed by atoms with Crippen LogP contribution in [-0.2, 0) is 9.53 Å². The molecule has 0 heterocycles. The second-order valence-corrected chi connectivity index (χ2v) is 4.07. The van der Waals surface area contributed by atoms with Crippen molar-refractivity contribution >= 4 is 5.97 Å². The molecule has 0 spiro atoms. The fraction of sp³-hybridized carbons (Fsp3) is 0.462. The number of hydrogen-bond donors (Lipinski definition) is 1. The number of ether oxygens (including phenoxy) is 2. The van der Waals surface area contributed by atoms with Gasteiger partial charge in [0.25, 0.3) is 0 Å². The molecule has 0 radical (unpaired) electrons. The van der Waals surface area contributed by atoms with Crippen LogP contribution in [-0.4, -0.2) is 32.3 Å². The monoisotopic (exact) mass is 309 g/mol. The highest BCUT2D eigenvalue weighted by atomic mass is 19.2. The lowest BCUT2D eigenvalue weighted by molar-refractivity contribution is -0.143. The quantitative estimate of drug-likeness (QED) is 0.476. The zero-order valence-electron chi connectivity index (χ0n) is 11.5. The first kappa shape index (κ1) is 17.2. The number of likely N-dealkylation sites (N-methyl/N-ethyl adjacent to an activating group) is 1. The van der Waals surface area contributed by atoms with Crippen LogP contribution in [0.4, 0.5) is 17.6 Å². The van der Waals surface area contributed by atoms with Gasteiger partial charge in [-0.25, -0.2) is 8.78 Å². The van der Waals surface area contributed by atoms with Crippen LogP contribution >= 0.6 is 0 Å². The highest BCUT2D eigenvalue weighted by Crippen LogP contribution is 2.26. The zero-order chi connectivity index (χ0) is 16.0. The molecular weight excluding hydrogens is 294 g/mol. The minimum absolute atomic E-state index is 0.0114. The Bertz CT molecular complexity index is 484. The average molecular weight is 309 g/mol. The Morgan fingerprint density at radius 1 is 1.24 bits per heavy atom. The van der Waals surface area contributed by atoms with Gasteiger partial charge in [-0.15, -0.1) is 0 Å². The van der Waals surface area contributed by atoms with Crippen molar-refractivity contribution in [2.24, 2.45) is 0 Å². The van der Waals surface area contributed by atoms with Crippen molar-refractivity contribution in [3.8, 4) is 5.75 Å².